The number of ether oxygens (including phenoxy) is 1. The molecule has 0 unspecified atom stereocenters. The van der Waals surface area contributed by atoms with Crippen LogP contribution in [0.25, 0.3) is 10.6 Å². The van der Waals surface area contributed by atoms with E-state index in [0.29, 0.717) is 6.54 Å². The second kappa shape index (κ2) is 5.50. The quantitative estimate of drug-likeness (QED) is 0.921. The SMILES string of the molecule is COc1ccc(-c2nc(CCN)cs2)c(C)c1C. The molecule has 2 rings (SSSR count). The van der Waals surface area contributed by atoms with E-state index in [4.69, 9.17) is 10.5 Å². The summed E-state index contributed by atoms with van der Waals surface area (Å²) in [7, 11) is 1.70. The van der Waals surface area contributed by atoms with Gasteiger partial charge in [0.15, 0.2) is 0 Å². The van der Waals surface area contributed by atoms with Gasteiger partial charge in [0.2, 0.25) is 0 Å². The van der Waals surface area contributed by atoms with Crippen molar-refractivity contribution in [1.82, 2.24) is 4.98 Å². The number of hydrogen-bond donors (Lipinski definition) is 1. The zero-order chi connectivity index (χ0) is 13.1. The molecule has 0 aliphatic rings. The lowest BCUT2D eigenvalue weighted by Crippen LogP contribution is -2.02. The van der Waals surface area contributed by atoms with E-state index in [9.17, 15) is 0 Å². The molecule has 18 heavy (non-hydrogen) atoms. The molecule has 96 valence electrons. The molecule has 0 aliphatic heterocycles. The van der Waals surface area contributed by atoms with Gasteiger partial charge in [-0.1, -0.05) is 0 Å². The summed E-state index contributed by atoms with van der Waals surface area (Å²) < 4.78 is 5.33. The number of thiazole rings is 1. The number of aromatic nitrogens is 1. The van der Waals surface area contributed by atoms with Crippen molar-refractivity contribution >= 4 is 11.3 Å². The first-order valence-electron chi connectivity index (χ1n) is 5.96. The molecule has 2 aromatic rings. The molecule has 4 heteroatoms. The van der Waals surface area contributed by atoms with Gasteiger partial charge in [-0.25, -0.2) is 4.98 Å². The highest BCUT2D eigenvalue weighted by atomic mass is 32.1. The summed E-state index contributed by atoms with van der Waals surface area (Å²) in [5.74, 6) is 0.926. The summed E-state index contributed by atoms with van der Waals surface area (Å²) in [5.41, 5.74) is 10.2. The van der Waals surface area contributed by atoms with Crippen LogP contribution < -0.4 is 10.5 Å². The Morgan fingerprint density at radius 3 is 2.72 bits per heavy atom. The van der Waals surface area contributed by atoms with Crippen LogP contribution in [0.1, 0.15) is 16.8 Å². The Labute approximate surface area is 112 Å². The molecule has 0 fully saturated rings. The standard InChI is InChI=1S/C14H18N2OS/c1-9-10(2)13(17-3)5-4-12(9)14-16-11(6-7-15)8-18-14/h4-5,8H,6-7,15H2,1-3H3. The van der Waals surface area contributed by atoms with Gasteiger partial charge < -0.3 is 10.5 Å². The molecule has 0 bridgehead atoms. The van der Waals surface area contributed by atoms with Gasteiger partial charge in [-0.2, -0.15) is 0 Å². The molecule has 0 amide bonds. The number of methoxy groups -OCH3 is 1. The lowest BCUT2D eigenvalue weighted by Gasteiger charge is -2.10. The molecule has 0 saturated heterocycles. The Balaban J connectivity index is 2.41. The summed E-state index contributed by atoms with van der Waals surface area (Å²) in [6.07, 6.45) is 0.838. The minimum atomic E-state index is 0.643. The number of nitrogens with two attached hydrogens (primary N) is 1. The molecule has 0 aliphatic carbocycles. The Kier molecular flexibility index (Phi) is 3.99. The van der Waals surface area contributed by atoms with Crippen molar-refractivity contribution in [3.63, 3.8) is 0 Å². The lowest BCUT2D eigenvalue weighted by molar-refractivity contribution is 0.411. The number of nitrogens with zero attached hydrogens (tertiary/aromatic N) is 1. The highest BCUT2D eigenvalue weighted by Gasteiger charge is 2.11. The minimum absolute atomic E-state index is 0.643. The third-order valence-electron chi connectivity index (χ3n) is 3.14. The number of hydrogen-bond acceptors (Lipinski definition) is 4. The maximum Gasteiger partial charge on any atom is 0.123 e. The van der Waals surface area contributed by atoms with Gasteiger partial charge in [-0.15, -0.1) is 11.3 Å². The topological polar surface area (TPSA) is 48.1 Å². The van der Waals surface area contributed by atoms with Crippen molar-refractivity contribution < 1.29 is 4.74 Å². The minimum Gasteiger partial charge on any atom is -0.496 e. The molecule has 1 aromatic heterocycles. The van der Waals surface area contributed by atoms with Gasteiger partial charge >= 0.3 is 0 Å². The fourth-order valence-electron chi connectivity index (χ4n) is 1.94. The molecule has 0 saturated carbocycles. The van der Waals surface area contributed by atoms with Gasteiger partial charge in [0, 0.05) is 17.4 Å². The van der Waals surface area contributed by atoms with Crippen molar-refractivity contribution in [3.8, 4) is 16.3 Å². The molecule has 1 aromatic carbocycles. The molecule has 0 spiro atoms. The van der Waals surface area contributed by atoms with Crippen molar-refractivity contribution in [1.29, 1.82) is 0 Å². The second-order valence-corrected chi connectivity index (χ2v) is 5.11. The van der Waals surface area contributed by atoms with Gasteiger partial charge in [0.05, 0.1) is 12.8 Å². The third kappa shape index (κ3) is 2.40. The van der Waals surface area contributed by atoms with Crippen LogP contribution in [0.4, 0.5) is 0 Å². The van der Waals surface area contributed by atoms with Crippen LogP contribution in [0.2, 0.25) is 0 Å². The second-order valence-electron chi connectivity index (χ2n) is 4.25. The molecule has 3 nitrogen and oxygen atoms in total. The van der Waals surface area contributed by atoms with Gasteiger partial charge in [-0.05, 0) is 43.7 Å². The average Bonchev–Trinajstić information content (AvgIpc) is 2.81. The Morgan fingerprint density at radius 2 is 2.06 bits per heavy atom. The normalized spacial score (nSPS) is 10.7. The van der Waals surface area contributed by atoms with Crippen LogP contribution in [0.3, 0.4) is 0 Å². The van der Waals surface area contributed by atoms with Gasteiger partial charge in [0.1, 0.15) is 10.8 Å². The van der Waals surface area contributed by atoms with Crippen LogP contribution in [0.5, 0.6) is 5.75 Å². The summed E-state index contributed by atoms with van der Waals surface area (Å²) in [6.45, 7) is 4.83. The van der Waals surface area contributed by atoms with Crippen LogP contribution in [-0.2, 0) is 6.42 Å². The van der Waals surface area contributed by atoms with Crippen LogP contribution >= 0.6 is 11.3 Å². The van der Waals surface area contributed by atoms with E-state index in [0.717, 1.165) is 22.9 Å². The highest BCUT2D eigenvalue weighted by Crippen LogP contribution is 2.32. The Morgan fingerprint density at radius 1 is 1.28 bits per heavy atom. The van der Waals surface area contributed by atoms with Crippen LogP contribution in [-0.4, -0.2) is 18.6 Å². The zero-order valence-corrected chi connectivity index (χ0v) is 11.8. The van der Waals surface area contributed by atoms with Crippen molar-refractivity contribution in [3.05, 3.63) is 34.3 Å². The Hall–Kier alpha value is -1.39. The van der Waals surface area contributed by atoms with E-state index in [1.54, 1.807) is 18.4 Å². The predicted molar refractivity (Wildman–Crippen MR) is 76.3 cm³/mol. The maximum absolute atomic E-state index is 5.55. The molecule has 0 radical (unpaired) electrons. The van der Waals surface area contributed by atoms with Crippen molar-refractivity contribution in [2.45, 2.75) is 20.3 Å². The van der Waals surface area contributed by atoms with E-state index in [2.05, 4.69) is 30.3 Å². The molecular weight excluding hydrogens is 244 g/mol. The zero-order valence-electron chi connectivity index (χ0n) is 11.0. The maximum atomic E-state index is 5.55. The van der Waals surface area contributed by atoms with E-state index >= 15 is 0 Å². The largest absolute Gasteiger partial charge is 0.496 e. The summed E-state index contributed by atoms with van der Waals surface area (Å²) in [4.78, 5) is 4.63. The van der Waals surface area contributed by atoms with Crippen LogP contribution in [0.15, 0.2) is 17.5 Å². The molecule has 1 heterocycles. The average molecular weight is 262 g/mol. The van der Waals surface area contributed by atoms with E-state index in [1.807, 2.05) is 6.07 Å². The van der Waals surface area contributed by atoms with Gasteiger partial charge in [0.25, 0.3) is 0 Å². The van der Waals surface area contributed by atoms with Crippen molar-refractivity contribution in [2.75, 3.05) is 13.7 Å². The fraction of sp³-hybridized carbons (Fsp3) is 0.357. The highest BCUT2D eigenvalue weighted by molar-refractivity contribution is 7.13. The third-order valence-corrected chi connectivity index (χ3v) is 4.06. The van der Waals surface area contributed by atoms with Crippen LogP contribution in [0, 0.1) is 13.8 Å². The van der Waals surface area contributed by atoms with E-state index < -0.39 is 0 Å². The summed E-state index contributed by atoms with van der Waals surface area (Å²) in [6, 6.07) is 4.08. The van der Waals surface area contributed by atoms with Crippen molar-refractivity contribution in [2.24, 2.45) is 5.73 Å². The predicted octanol–water partition coefficient (Wildman–Crippen LogP) is 2.94. The van der Waals surface area contributed by atoms with E-state index in [1.165, 1.54) is 16.7 Å². The molecule has 0 atom stereocenters. The first kappa shape index (κ1) is 13.1. The Bertz CT molecular complexity index is 549. The smallest absolute Gasteiger partial charge is 0.123 e. The fourth-order valence-corrected chi connectivity index (χ4v) is 2.88. The van der Waals surface area contributed by atoms with E-state index in [-0.39, 0.29) is 0 Å². The number of benzene rings is 1. The first-order chi connectivity index (χ1) is 8.67. The monoisotopic (exact) mass is 262 g/mol. The lowest BCUT2D eigenvalue weighted by atomic mass is 10.0. The number of rotatable bonds is 4. The molecular formula is C14H18N2OS. The first-order valence-corrected chi connectivity index (χ1v) is 6.84. The van der Waals surface area contributed by atoms with Gasteiger partial charge in [-0.3, -0.25) is 0 Å². The molecule has 2 N–H and O–H groups in total. The summed E-state index contributed by atoms with van der Waals surface area (Å²) >= 11 is 1.67. The summed E-state index contributed by atoms with van der Waals surface area (Å²) in [5, 5.41) is 3.14.